The summed E-state index contributed by atoms with van der Waals surface area (Å²) in [7, 11) is 0. The minimum absolute atomic E-state index is 0.149. The Morgan fingerprint density at radius 2 is 1.89 bits per heavy atom. The zero-order valence-electron chi connectivity index (χ0n) is 13.9. The number of ether oxygens (including phenoxy) is 1. The van der Waals surface area contributed by atoms with Crippen LogP contribution in [0.5, 0.6) is 5.75 Å². The van der Waals surface area contributed by atoms with Crippen molar-refractivity contribution < 1.29 is 13.9 Å². The molecule has 4 aromatic rings. The SMILES string of the molecule is O=C(Oc1ccc2c(=O)c(-c3ccc(Br)cc3)coc2c1)c1cccnc1. The summed E-state index contributed by atoms with van der Waals surface area (Å²) in [6, 6.07) is 15.4. The van der Waals surface area contributed by atoms with E-state index in [9.17, 15) is 9.59 Å². The van der Waals surface area contributed by atoms with Crippen LogP contribution < -0.4 is 10.2 Å². The summed E-state index contributed by atoms with van der Waals surface area (Å²) in [5.74, 6) is -0.243. The summed E-state index contributed by atoms with van der Waals surface area (Å²) >= 11 is 3.37. The van der Waals surface area contributed by atoms with E-state index in [4.69, 9.17) is 9.15 Å². The second kappa shape index (κ2) is 7.17. The van der Waals surface area contributed by atoms with Crippen LogP contribution >= 0.6 is 15.9 Å². The van der Waals surface area contributed by atoms with Gasteiger partial charge in [0, 0.05) is 22.9 Å². The van der Waals surface area contributed by atoms with Gasteiger partial charge in [-0.25, -0.2) is 4.79 Å². The monoisotopic (exact) mass is 421 g/mol. The number of carbonyl (C=O) groups excluding carboxylic acids is 1. The quantitative estimate of drug-likeness (QED) is 0.349. The lowest BCUT2D eigenvalue weighted by Gasteiger charge is -2.06. The van der Waals surface area contributed by atoms with Crippen molar-refractivity contribution in [2.24, 2.45) is 0 Å². The summed E-state index contributed by atoms with van der Waals surface area (Å²) in [4.78, 5) is 28.8. The van der Waals surface area contributed by atoms with Crippen LogP contribution in [0, 0.1) is 0 Å². The van der Waals surface area contributed by atoms with Crippen LogP contribution in [0.25, 0.3) is 22.1 Å². The molecule has 0 saturated carbocycles. The lowest BCUT2D eigenvalue weighted by atomic mass is 10.1. The van der Waals surface area contributed by atoms with Gasteiger partial charge < -0.3 is 9.15 Å². The minimum atomic E-state index is -0.531. The Balaban J connectivity index is 1.68. The first kappa shape index (κ1) is 17.2. The maximum atomic E-state index is 12.8. The summed E-state index contributed by atoms with van der Waals surface area (Å²) in [5.41, 5.74) is 1.77. The molecule has 0 N–H and O–H groups in total. The maximum Gasteiger partial charge on any atom is 0.345 e. The highest BCUT2D eigenvalue weighted by atomic mass is 79.9. The van der Waals surface area contributed by atoms with Gasteiger partial charge in [-0.3, -0.25) is 9.78 Å². The molecular formula is C21H12BrNO4. The van der Waals surface area contributed by atoms with Crippen molar-refractivity contribution in [1.29, 1.82) is 0 Å². The van der Waals surface area contributed by atoms with E-state index in [0.717, 1.165) is 10.0 Å². The highest BCUT2D eigenvalue weighted by Gasteiger charge is 2.12. The summed E-state index contributed by atoms with van der Waals surface area (Å²) in [6.07, 6.45) is 4.42. The molecule has 2 heterocycles. The maximum absolute atomic E-state index is 12.8. The molecule has 0 amide bonds. The number of nitrogens with zero attached hydrogens (tertiary/aromatic N) is 1. The smallest absolute Gasteiger partial charge is 0.345 e. The van der Waals surface area contributed by atoms with Gasteiger partial charge in [0.25, 0.3) is 0 Å². The first-order valence-electron chi connectivity index (χ1n) is 8.05. The van der Waals surface area contributed by atoms with Gasteiger partial charge in [0.2, 0.25) is 0 Å². The number of hydrogen-bond donors (Lipinski definition) is 0. The third-order valence-electron chi connectivity index (χ3n) is 4.01. The van der Waals surface area contributed by atoms with E-state index in [1.807, 2.05) is 24.3 Å². The third kappa shape index (κ3) is 3.52. The zero-order valence-corrected chi connectivity index (χ0v) is 15.5. The van der Waals surface area contributed by atoms with Crippen molar-refractivity contribution in [3.63, 3.8) is 0 Å². The predicted molar refractivity (Wildman–Crippen MR) is 105 cm³/mol. The van der Waals surface area contributed by atoms with E-state index in [1.165, 1.54) is 18.5 Å². The van der Waals surface area contributed by atoms with E-state index in [2.05, 4.69) is 20.9 Å². The molecular weight excluding hydrogens is 410 g/mol. The molecule has 0 radical (unpaired) electrons. The van der Waals surface area contributed by atoms with Gasteiger partial charge in [0.15, 0.2) is 5.43 Å². The average molecular weight is 422 g/mol. The van der Waals surface area contributed by atoms with E-state index in [0.29, 0.717) is 22.1 Å². The van der Waals surface area contributed by atoms with Crippen molar-refractivity contribution in [1.82, 2.24) is 4.98 Å². The molecule has 0 aliphatic carbocycles. The fraction of sp³-hybridized carbons (Fsp3) is 0. The number of benzene rings is 2. The number of pyridine rings is 1. The number of halogens is 1. The lowest BCUT2D eigenvalue weighted by molar-refractivity contribution is 0.0734. The van der Waals surface area contributed by atoms with Crippen LogP contribution in [-0.2, 0) is 0 Å². The van der Waals surface area contributed by atoms with E-state index in [-0.39, 0.29) is 11.2 Å². The number of carbonyl (C=O) groups is 1. The topological polar surface area (TPSA) is 69.4 Å². The Kier molecular flexibility index (Phi) is 4.56. The molecule has 0 saturated heterocycles. The Morgan fingerprint density at radius 1 is 1.07 bits per heavy atom. The highest BCUT2D eigenvalue weighted by Crippen LogP contribution is 2.24. The highest BCUT2D eigenvalue weighted by molar-refractivity contribution is 9.10. The Bertz CT molecular complexity index is 1180. The van der Waals surface area contributed by atoms with E-state index >= 15 is 0 Å². The zero-order chi connectivity index (χ0) is 18.8. The Morgan fingerprint density at radius 3 is 2.63 bits per heavy atom. The van der Waals surface area contributed by atoms with Gasteiger partial charge in [-0.05, 0) is 42.0 Å². The molecule has 0 fully saturated rings. The standard InChI is InChI=1S/C21H12BrNO4/c22-15-5-3-13(4-6-15)18-12-26-19-10-16(7-8-17(19)20(18)24)27-21(25)14-2-1-9-23-11-14/h1-12H. The number of aromatic nitrogens is 1. The molecule has 132 valence electrons. The molecule has 27 heavy (non-hydrogen) atoms. The fourth-order valence-corrected chi connectivity index (χ4v) is 2.91. The van der Waals surface area contributed by atoms with E-state index < -0.39 is 5.97 Å². The first-order chi connectivity index (χ1) is 13.1. The van der Waals surface area contributed by atoms with Gasteiger partial charge in [-0.1, -0.05) is 28.1 Å². The molecule has 4 rings (SSSR count). The molecule has 5 nitrogen and oxygen atoms in total. The van der Waals surface area contributed by atoms with Gasteiger partial charge in [-0.15, -0.1) is 0 Å². The van der Waals surface area contributed by atoms with Crippen molar-refractivity contribution in [3.8, 4) is 16.9 Å². The average Bonchev–Trinajstić information content (AvgIpc) is 2.70. The Hall–Kier alpha value is -3.25. The predicted octanol–water partition coefficient (Wildman–Crippen LogP) is 4.84. The molecule has 2 aromatic carbocycles. The molecule has 0 aliphatic heterocycles. The molecule has 0 bridgehead atoms. The van der Waals surface area contributed by atoms with Crippen LogP contribution in [0.2, 0.25) is 0 Å². The van der Waals surface area contributed by atoms with Gasteiger partial charge in [0.1, 0.15) is 17.6 Å². The lowest BCUT2D eigenvalue weighted by Crippen LogP contribution is -2.09. The molecule has 0 aliphatic rings. The van der Waals surface area contributed by atoms with Crippen molar-refractivity contribution in [3.05, 3.63) is 93.5 Å². The van der Waals surface area contributed by atoms with Crippen LogP contribution in [-0.4, -0.2) is 11.0 Å². The van der Waals surface area contributed by atoms with Crippen molar-refractivity contribution in [2.75, 3.05) is 0 Å². The number of hydrogen-bond acceptors (Lipinski definition) is 5. The van der Waals surface area contributed by atoms with Crippen LogP contribution in [0.3, 0.4) is 0 Å². The minimum Gasteiger partial charge on any atom is -0.463 e. The van der Waals surface area contributed by atoms with Crippen LogP contribution in [0.4, 0.5) is 0 Å². The Labute approximate surface area is 162 Å². The number of fused-ring (bicyclic) bond motifs is 1. The van der Waals surface area contributed by atoms with E-state index in [1.54, 1.807) is 30.5 Å². The van der Waals surface area contributed by atoms with Gasteiger partial charge in [-0.2, -0.15) is 0 Å². The second-order valence-corrected chi connectivity index (χ2v) is 6.69. The summed E-state index contributed by atoms with van der Waals surface area (Å²) in [5, 5.41) is 0.414. The van der Waals surface area contributed by atoms with Gasteiger partial charge in [0.05, 0.1) is 16.5 Å². The van der Waals surface area contributed by atoms with Crippen LogP contribution in [0.15, 0.2) is 86.9 Å². The van der Waals surface area contributed by atoms with Crippen molar-refractivity contribution >= 4 is 32.9 Å². The summed E-state index contributed by atoms with van der Waals surface area (Å²) in [6.45, 7) is 0. The summed E-state index contributed by atoms with van der Waals surface area (Å²) < 4.78 is 11.9. The second-order valence-electron chi connectivity index (χ2n) is 5.77. The number of esters is 1. The third-order valence-corrected chi connectivity index (χ3v) is 4.54. The van der Waals surface area contributed by atoms with Crippen molar-refractivity contribution in [2.45, 2.75) is 0 Å². The first-order valence-corrected chi connectivity index (χ1v) is 8.85. The normalized spacial score (nSPS) is 10.7. The van der Waals surface area contributed by atoms with Gasteiger partial charge >= 0.3 is 5.97 Å². The fourth-order valence-electron chi connectivity index (χ4n) is 2.65. The molecule has 6 heteroatoms. The molecule has 2 aromatic heterocycles. The molecule has 0 spiro atoms. The largest absolute Gasteiger partial charge is 0.463 e. The molecule has 0 atom stereocenters. The number of rotatable bonds is 3. The molecule has 0 unspecified atom stereocenters. The van der Waals surface area contributed by atoms with Crippen LogP contribution in [0.1, 0.15) is 10.4 Å².